The monoisotopic (exact) mass is 281 g/mol. The van der Waals surface area contributed by atoms with E-state index in [0.717, 1.165) is 23.8 Å². The van der Waals surface area contributed by atoms with E-state index in [2.05, 4.69) is 31.5 Å². The van der Waals surface area contributed by atoms with E-state index in [0.29, 0.717) is 5.03 Å². The molecule has 0 unspecified atom stereocenters. The highest BCUT2D eigenvalue weighted by Crippen LogP contribution is 2.31. The van der Waals surface area contributed by atoms with Gasteiger partial charge in [-0.25, -0.2) is 4.98 Å². The van der Waals surface area contributed by atoms with Crippen LogP contribution >= 0.6 is 24.4 Å². The fraction of sp³-hybridized carbons (Fsp3) is 0.545. The molecule has 0 fully saturated rings. The zero-order valence-corrected chi connectivity index (χ0v) is 11.3. The number of rotatable bonds is 4. The molecule has 0 bridgehead atoms. The number of hydrogen-bond donors (Lipinski definition) is 1. The molecule has 0 radical (unpaired) electrons. The van der Waals surface area contributed by atoms with Gasteiger partial charge in [-0.1, -0.05) is 13.8 Å². The molecule has 0 amide bonds. The number of pyridine rings is 1. The minimum Gasteiger partial charge on any atom is -0.249 e. The van der Waals surface area contributed by atoms with E-state index < -0.39 is 11.7 Å². The molecule has 96 valence electrons. The highest BCUT2D eigenvalue weighted by Gasteiger charge is 2.30. The number of halogens is 3. The van der Waals surface area contributed by atoms with Gasteiger partial charge < -0.3 is 0 Å². The van der Waals surface area contributed by atoms with Gasteiger partial charge in [-0.05, 0) is 23.3 Å². The highest BCUT2D eigenvalue weighted by atomic mass is 32.2. The summed E-state index contributed by atoms with van der Waals surface area (Å²) in [6.45, 7) is 4.11. The quantitative estimate of drug-likeness (QED) is 0.657. The van der Waals surface area contributed by atoms with Crippen LogP contribution in [0.15, 0.2) is 23.4 Å². The summed E-state index contributed by atoms with van der Waals surface area (Å²) in [5, 5.41) is 0.604. The minimum absolute atomic E-state index is 0.0398. The predicted octanol–water partition coefficient (Wildman–Crippen LogP) is 4.15. The van der Waals surface area contributed by atoms with Crippen molar-refractivity contribution < 1.29 is 13.2 Å². The minimum atomic E-state index is -4.32. The van der Waals surface area contributed by atoms with Gasteiger partial charge in [0.05, 0.1) is 10.6 Å². The molecule has 0 aliphatic heterocycles. The first-order chi connectivity index (χ1) is 7.74. The first kappa shape index (κ1) is 14.7. The van der Waals surface area contributed by atoms with Crippen LogP contribution in [0, 0.1) is 5.41 Å². The van der Waals surface area contributed by atoms with E-state index in [1.165, 1.54) is 17.8 Å². The molecule has 0 aliphatic carbocycles. The Labute approximate surface area is 109 Å². The van der Waals surface area contributed by atoms with Gasteiger partial charge in [0.15, 0.2) is 0 Å². The fourth-order valence-corrected chi connectivity index (χ4v) is 2.14. The lowest BCUT2D eigenvalue weighted by Crippen LogP contribution is -2.16. The number of thioether (sulfide) groups is 1. The Hall–Kier alpha value is -0.360. The van der Waals surface area contributed by atoms with Gasteiger partial charge in [0.2, 0.25) is 0 Å². The van der Waals surface area contributed by atoms with Crippen molar-refractivity contribution in [1.82, 2.24) is 4.98 Å². The van der Waals surface area contributed by atoms with Crippen LogP contribution in [-0.4, -0.2) is 16.5 Å². The summed E-state index contributed by atoms with van der Waals surface area (Å²) in [7, 11) is 0. The third-order valence-corrected chi connectivity index (χ3v) is 4.42. The van der Waals surface area contributed by atoms with E-state index >= 15 is 0 Å². The third kappa shape index (κ3) is 4.79. The fourth-order valence-electron chi connectivity index (χ4n) is 0.948. The topological polar surface area (TPSA) is 12.9 Å². The van der Waals surface area contributed by atoms with Crippen molar-refractivity contribution in [1.29, 1.82) is 0 Å². The summed E-state index contributed by atoms with van der Waals surface area (Å²) in [5.41, 5.74) is -0.673. The van der Waals surface area contributed by atoms with E-state index in [1.54, 1.807) is 0 Å². The lowest BCUT2D eigenvalue weighted by Gasteiger charge is -2.20. The Morgan fingerprint density at radius 3 is 2.35 bits per heavy atom. The van der Waals surface area contributed by atoms with Crippen LogP contribution in [0.2, 0.25) is 0 Å². The molecule has 1 nitrogen and oxygen atoms in total. The Bertz CT molecular complexity index is 360. The molecular formula is C11H14F3NS2. The van der Waals surface area contributed by atoms with Crippen LogP contribution in [-0.2, 0) is 6.18 Å². The van der Waals surface area contributed by atoms with Crippen LogP contribution < -0.4 is 0 Å². The average Bonchev–Trinajstić information content (AvgIpc) is 2.26. The van der Waals surface area contributed by atoms with Crippen molar-refractivity contribution in [2.45, 2.75) is 25.0 Å². The Kier molecular flexibility index (Phi) is 4.77. The van der Waals surface area contributed by atoms with Gasteiger partial charge in [0, 0.05) is 11.9 Å². The molecule has 0 atom stereocenters. The number of thiol groups is 1. The molecule has 0 saturated carbocycles. The molecule has 1 aromatic rings. The van der Waals surface area contributed by atoms with Crippen molar-refractivity contribution in [3.05, 3.63) is 23.9 Å². The predicted molar refractivity (Wildman–Crippen MR) is 67.6 cm³/mol. The first-order valence-electron chi connectivity index (χ1n) is 5.01. The molecule has 17 heavy (non-hydrogen) atoms. The zero-order valence-electron chi connectivity index (χ0n) is 9.58. The van der Waals surface area contributed by atoms with Gasteiger partial charge in [-0.3, -0.25) is 0 Å². The average molecular weight is 281 g/mol. The second kappa shape index (κ2) is 5.52. The Balaban J connectivity index is 2.64. The van der Waals surface area contributed by atoms with E-state index in [4.69, 9.17) is 0 Å². The lowest BCUT2D eigenvalue weighted by atomic mass is 10.0. The summed E-state index contributed by atoms with van der Waals surface area (Å²) in [6.07, 6.45) is -3.45. The van der Waals surface area contributed by atoms with Crippen LogP contribution in [0.4, 0.5) is 13.2 Å². The molecule has 0 saturated heterocycles. The second-order valence-electron chi connectivity index (χ2n) is 4.49. The molecule has 6 heteroatoms. The van der Waals surface area contributed by atoms with Gasteiger partial charge in [-0.15, -0.1) is 11.8 Å². The van der Waals surface area contributed by atoms with Crippen molar-refractivity contribution in [2.24, 2.45) is 5.41 Å². The van der Waals surface area contributed by atoms with Crippen molar-refractivity contribution in [3.8, 4) is 0 Å². The van der Waals surface area contributed by atoms with Crippen LogP contribution in [0.1, 0.15) is 19.4 Å². The van der Waals surface area contributed by atoms with Crippen LogP contribution in [0.25, 0.3) is 0 Å². The van der Waals surface area contributed by atoms with E-state index in [9.17, 15) is 13.2 Å². The number of nitrogens with zero attached hydrogens (tertiary/aromatic N) is 1. The van der Waals surface area contributed by atoms with Crippen LogP contribution in [0.3, 0.4) is 0 Å². The van der Waals surface area contributed by atoms with Gasteiger partial charge in [-0.2, -0.15) is 25.8 Å². The number of aromatic nitrogens is 1. The summed E-state index contributed by atoms with van der Waals surface area (Å²) >= 11 is 5.66. The third-order valence-electron chi connectivity index (χ3n) is 2.10. The molecule has 1 aromatic heterocycles. The SMILES string of the molecule is CC(C)(CS)CSc1ccc(C(F)(F)F)cn1. The summed E-state index contributed by atoms with van der Waals surface area (Å²) in [4.78, 5) is 3.80. The normalized spacial score (nSPS) is 12.8. The van der Waals surface area contributed by atoms with E-state index in [-0.39, 0.29) is 5.41 Å². The van der Waals surface area contributed by atoms with E-state index in [1.807, 2.05) is 0 Å². The van der Waals surface area contributed by atoms with Crippen molar-refractivity contribution in [2.75, 3.05) is 11.5 Å². The maximum Gasteiger partial charge on any atom is 0.417 e. The highest BCUT2D eigenvalue weighted by molar-refractivity contribution is 7.99. The number of hydrogen-bond acceptors (Lipinski definition) is 3. The standard InChI is InChI=1S/C11H14F3NS2/c1-10(2,6-16)7-17-9-4-3-8(5-15-9)11(12,13)14/h3-5,16H,6-7H2,1-2H3. The maximum atomic E-state index is 12.3. The largest absolute Gasteiger partial charge is 0.417 e. The smallest absolute Gasteiger partial charge is 0.249 e. The molecular weight excluding hydrogens is 267 g/mol. The molecule has 0 aromatic carbocycles. The zero-order chi connectivity index (χ0) is 13.1. The molecule has 0 spiro atoms. The lowest BCUT2D eigenvalue weighted by molar-refractivity contribution is -0.137. The van der Waals surface area contributed by atoms with Crippen molar-refractivity contribution >= 4 is 24.4 Å². The second-order valence-corrected chi connectivity index (χ2v) is 5.81. The van der Waals surface area contributed by atoms with Crippen LogP contribution in [0.5, 0.6) is 0 Å². The Morgan fingerprint density at radius 2 is 1.94 bits per heavy atom. The van der Waals surface area contributed by atoms with Gasteiger partial charge in [0.1, 0.15) is 0 Å². The molecule has 1 rings (SSSR count). The summed E-state index contributed by atoms with van der Waals surface area (Å²) < 4.78 is 36.9. The Morgan fingerprint density at radius 1 is 1.29 bits per heavy atom. The van der Waals surface area contributed by atoms with Gasteiger partial charge in [0.25, 0.3) is 0 Å². The van der Waals surface area contributed by atoms with Crippen molar-refractivity contribution in [3.63, 3.8) is 0 Å². The maximum absolute atomic E-state index is 12.3. The molecule has 1 heterocycles. The number of alkyl halides is 3. The summed E-state index contributed by atoms with van der Waals surface area (Å²) in [6, 6.07) is 2.46. The van der Waals surface area contributed by atoms with Gasteiger partial charge >= 0.3 is 6.18 Å². The molecule has 0 N–H and O–H groups in total. The summed E-state index contributed by atoms with van der Waals surface area (Å²) in [5.74, 6) is 1.50. The molecule has 0 aliphatic rings. The first-order valence-corrected chi connectivity index (χ1v) is 6.63.